The molecule has 2 aliphatic carbocycles. The summed E-state index contributed by atoms with van der Waals surface area (Å²) in [5.74, 6) is 0.963. The van der Waals surface area contributed by atoms with Crippen molar-refractivity contribution in [3.05, 3.63) is 181 Å². The summed E-state index contributed by atoms with van der Waals surface area (Å²) >= 11 is 0. The van der Waals surface area contributed by atoms with Crippen molar-refractivity contribution < 1.29 is 0 Å². The van der Waals surface area contributed by atoms with Crippen LogP contribution in [0.3, 0.4) is 0 Å². The Hall–Kier alpha value is -6.51. The molecule has 1 saturated carbocycles. The van der Waals surface area contributed by atoms with Gasteiger partial charge in [0.2, 0.25) is 0 Å². The Kier molecular flexibility index (Phi) is 6.60. The standard InChI is InChI=1S/C53H38N2/c1-3-10-38(11-4-1)52-54-48-14-5-6-15-49(48)55(52)41-24-18-34(19-25-41)39-22-27-43-44-28-23-40(33-47(44)53(46(43)32-39)30-7-2-8-31-53)42-26-20-37-17-16-35-12-9-13-36-21-29-45(42)51(37)50(35)36/h1,3-6,9-29,32-33H,2,7-8,30-31H2. The maximum absolute atomic E-state index is 5.07. The lowest BCUT2D eigenvalue weighted by molar-refractivity contribution is 0.353. The molecule has 0 aliphatic heterocycles. The van der Waals surface area contributed by atoms with Gasteiger partial charge in [-0.15, -0.1) is 0 Å². The first-order chi connectivity index (χ1) is 27.2. The van der Waals surface area contributed by atoms with E-state index in [0.29, 0.717) is 0 Å². The quantitative estimate of drug-likeness (QED) is 0.167. The fourth-order valence-electron chi connectivity index (χ4n) is 10.4. The molecular formula is C53H38N2. The van der Waals surface area contributed by atoms with Crippen molar-refractivity contribution in [2.75, 3.05) is 0 Å². The van der Waals surface area contributed by atoms with Gasteiger partial charge in [0, 0.05) is 16.7 Å². The van der Waals surface area contributed by atoms with Crippen molar-refractivity contribution in [3.63, 3.8) is 0 Å². The molecule has 2 nitrogen and oxygen atoms in total. The minimum Gasteiger partial charge on any atom is -0.292 e. The van der Waals surface area contributed by atoms with Gasteiger partial charge in [0.25, 0.3) is 0 Å². The molecule has 0 unspecified atom stereocenters. The van der Waals surface area contributed by atoms with Crippen molar-refractivity contribution >= 4 is 43.4 Å². The molecule has 55 heavy (non-hydrogen) atoms. The lowest BCUT2D eigenvalue weighted by Crippen LogP contribution is -2.28. The molecule has 12 rings (SSSR count). The lowest BCUT2D eigenvalue weighted by Gasteiger charge is -2.36. The molecule has 10 aromatic rings. The van der Waals surface area contributed by atoms with E-state index in [1.165, 1.54) is 109 Å². The zero-order valence-electron chi connectivity index (χ0n) is 30.6. The molecule has 1 fully saturated rings. The molecule has 1 spiro atoms. The summed E-state index contributed by atoms with van der Waals surface area (Å²) in [5, 5.41) is 8.06. The third-order valence-corrected chi connectivity index (χ3v) is 13.0. The summed E-state index contributed by atoms with van der Waals surface area (Å²) in [6.07, 6.45) is 6.25. The predicted molar refractivity (Wildman–Crippen MR) is 230 cm³/mol. The highest BCUT2D eigenvalue weighted by Crippen LogP contribution is 2.57. The van der Waals surface area contributed by atoms with E-state index in [0.717, 1.165) is 28.1 Å². The van der Waals surface area contributed by atoms with Gasteiger partial charge in [-0.05, 0) is 126 Å². The van der Waals surface area contributed by atoms with E-state index >= 15 is 0 Å². The number of benzene rings is 9. The maximum Gasteiger partial charge on any atom is 0.145 e. The van der Waals surface area contributed by atoms with E-state index in [-0.39, 0.29) is 5.41 Å². The highest BCUT2D eigenvalue weighted by atomic mass is 15.1. The average molecular weight is 703 g/mol. The molecule has 2 heteroatoms. The topological polar surface area (TPSA) is 17.8 Å². The monoisotopic (exact) mass is 702 g/mol. The number of hydrogen-bond acceptors (Lipinski definition) is 1. The van der Waals surface area contributed by atoms with Gasteiger partial charge in [-0.1, -0.05) is 153 Å². The molecule has 2 aliphatic rings. The third kappa shape index (κ3) is 4.52. The average Bonchev–Trinajstić information content (AvgIpc) is 3.77. The van der Waals surface area contributed by atoms with Crippen LogP contribution in [0.15, 0.2) is 170 Å². The van der Waals surface area contributed by atoms with Crippen LogP contribution in [0, 0.1) is 0 Å². The van der Waals surface area contributed by atoms with E-state index in [2.05, 4.69) is 174 Å². The number of aromatic nitrogens is 2. The van der Waals surface area contributed by atoms with E-state index in [1.807, 2.05) is 0 Å². The Morgan fingerprint density at radius 3 is 1.84 bits per heavy atom. The fourth-order valence-corrected chi connectivity index (χ4v) is 10.4. The highest BCUT2D eigenvalue weighted by Gasteiger charge is 2.44. The van der Waals surface area contributed by atoms with Gasteiger partial charge >= 0.3 is 0 Å². The number of hydrogen-bond donors (Lipinski definition) is 0. The molecule has 260 valence electrons. The Labute approximate surface area is 320 Å². The summed E-state index contributed by atoms with van der Waals surface area (Å²) < 4.78 is 2.29. The molecule has 0 radical (unpaired) electrons. The Bertz CT molecular complexity index is 3090. The van der Waals surface area contributed by atoms with E-state index < -0.39 is 0 Å². The van der Waals surface area contributed by atoms with Crippen molar-refractivity contribution in [1.82, 2.24) is 9.55 Å². The number of rotatable bonds is 4. The summed E-state index contributed by atoms with van der Waals surface area (Å²) in [7, 11) is 0. The van der Waals surface area contributed by atoms with Gasteiger partial charge in [0.1, 0.15) is 5.82 Å². The van der Waals surface area contributed by atoms with Crippen LogP contribution in [0.25, 0.3) is 93.8 Å². The first-order valence-electron chi connectivity index (χ1n) is 19.8. The normalized spacial score (nSPS) is 14.7. The number of para-hydroxylation sites is 2. The molecule has 0 saturated heterocycles. The number of fused-ring (bicyclic) bond motifs is 6. The van der Waals surface area contributed by atoms with E-state index in [4.69, 9.17) is 4.98 Å². The number of nitrogens with zero attached hydrogens (tertiary/aromatic N) is 2. The van der Waals surface area contributed by atoms with Crippen LogP contribution in [0.5, 0.6) is 0 Å². The molecule has 0 amide bonds. The maximum atomic E-state index is 5.07. The second kappa shape index (κ2) is 11.7. The van der Waals surface area contributed by atoms with E-state index in [1.54, 1.807) is 0 Å². The third-order valence-electron chi connectivity index (χ3n) is 13.0. The van der Waals surface area contributed by atoms with Crippen molar-refractivity contribution in [2.24, 2.45) is 0 Å². The summed E-state index contributed by atoms with van der Waals surface area (Å²) in [4.78, 5) is 5.07. The zero-order chi connectivity index (χ0) is 36.1. The Balaban J connectivity index is 0.958. The number of imidazole rings is 1. The van der Waals surface area contributed by atoms with Gasteiger partial charge in [-0.2, -0.15) is 0 Å². The highest BCUT2D eigenvalue weighted by molar-refractivity contribution is 6.25. The van der Waals surface area contributed by atoms with Crippen LogP contribution >= 0.6 is 0 Å². The van der Waals surface area contributed by atoms with Crippen LogP contribution in [0.1, 0.15) is 43.2 Å². The van der Waals surface area contributed by atoms with Crippen molar-refractivity contribution in [2.45, 2.75) is 37.5 Å². The fraction of sp³-hybridized carbons (Fsp3) is 0.113. The van der Waals surface area contributed by atoms with Gasteiger partial charge in [-0.25, -0.2) is 4.98 Å². The molecule has 1 heterocycles. The first-order valence-corrected chi connectivity index (χ1v) is 19.8. The zero-order valence-corrected chi connectivity index (χ0v) is 30.6. The minimum atomic E-state index is 0.0406. The van der Waals surface area contributed by atoms with Gasteiger partial charge in [-0.3, -0.25) is 4.57 Å². The van der Waals surface area contributed by atoms with Crippen LogP contribution in [0.2, 0.25) is 0 Å². The lowest BCUT2D eigenvalue weighted by atomic mass is 9.67. The van der Waals surface area contributed by atoms with E-state index in [9.17, 15) is 0 Å². The molecule has 1 aromatic heterocycles. The molecule has 9 aromatic carbocycles. The van der Waals surface area contributed by atoms with Gasteiger partial charge in [0.15, 0.2) is 0 Å². The predicted octanol–water partition coefficient (Wildman–Crippen LogP) is 14.2. The van der Waals surface area contributed by atoms with Gasteiger partial charge < -0.3 is 0 Å². The second-order valence-corrected chi connectivity index (χ2v) is 15.8. The molecule has 0 N–H and O–H groups in total. The van der Waals surface area contributed by atoms with Crippen LogP contribution in [-0.2, 0) is 5.41 Å². The van der Waals surface area contributed by atoms with Crippen LogP contribution in [0.4, 0.5) is 0 Å². The second-order valence-electron chi connectivity index (χ2n) is 15.8. The van der Waals surface area contributed by atoms with Crippen LogP contribution < -0.4 is 0 Å². The molecule has 0 bridgehead atoms. The Morgan fingerprint density at radius 1 is 0.436 bits per heavy atom. The molecule has 0 atom stereocenters. The van der Waals surface area contributed by atoms with Crippen LogP contribution in [-0.4, -0.2) is 9.55 Å². The Morgan fingerprint density at radius 2 is 1.05 bits per heavy atom. The van der Waals surface area contributed by atoms with Crippen molar-refractivity contribution in [1.29, 1.82) is 0 Å². The first kappa shape index (κ1) is 30.9. The smallest absolute Gasteiger partial charge is 0.145 e. The summed E-state index contributed by atoms with van der Waals surface area (Å²) in [6, 6.07) is 63.3. The SMILES string of the molecule is c1ccc(-c2nc3ccccc3n2-c2ccc(-c3ccc4c(c3)C3(CCCCC3)c3cc(-c5ccc6ccc7cccc8ccc5c6c78)ccc3-4)cc2)cc1. The minimum absolute atomic E-state index is 0.0406. The summed E-state index contributed by atoms with van der Waals surface area (Å²) in [5.41, 5.74) is 15.5. The molecular weight excluding hydrogens is 665 g/mol. The van der Waals surface area contributed by atoms with Crippen molar-refractivity contribution in [3.8, 4) is 50.5 Å². The summed E-state index contributed by atoms with van der Waals surface area (Å²) in [6.45, 7) is 0. The van der Waals surface area contributed by atoms with Gasteiger partial charge in [0.05, 0.1) is 11.0 Å². The largest absolute Gasteiger partial charge is 0.292 e.